The van der Waals surface area contributed by atoms with Crippen LogP contribution >= 0.6 is 11.3 Å². The van der Waals surface area contributed by atoms with Crippen LogP contribution in [0.15, 0.2) is 53.4 Å². The summed E-state index contributed by atoms with van der Waals surface area (Å²) in [7, 11) is -3.96. The number of thiophene rings is 1. The van der Waals surface area contributed by atoms with Crippen LogP contribution in [0.5, 0.6) is 0 Å². The number of ether oxygens (including phenoxy) is 1. The third kappa shape index (κ3) is 4.95. The molecule has 2 aliphatic rings. The van der Waals surface area contributed by atoms with Crippen LogP contribution in [0, 0.1) is 6.92 Å². The molecule has 2 heterocycles. The lowest BCUT2D eigenvalue weighted by atomic mass is 9.94. The molecule has 0 spiro atoms. The highest BCUT2D eigenvalue weighted by molar-refractivity contribution is 7.89. The summed E-state index contributed by atoms with van der Waals surface area (Å²) in [6.07, 6.45) is 3.87. The molecule has 2 aromatic carbocycles. The van der Waals surface area contributed by atoms with E-state index in [2.05, 4.69) is 5.32 Å². The Morgan fingerprint density at radius 3 is 2.49 bits per heavy atom. The van der Waals surface area contributed by atoms with Gasteiger partial charge in [0.15, 0.2) is 0 Å². The van der Waals surface area contributed by atoms with Gasteiger partial charge in [-0.25, -0.2) is 13.2 Å². The van der Waals surface area contributed by atoms with E-state index in [9.17, 15) is 18.0 Å². The summed E-state index contributed by atoms with van der Waals surface area (Å²) in [4.78, 5) is 27.9. The van der Waals surface area contributed by atoms with Crippen molar-refractivity contribution in [2.75, 3.05) is 11.9 Å². The van der Waals surface area contributed by atoms with Gasteiger partial charge in [0.25, 0.3) is 0 Å². The molecule has 0 radical (unpaired) electrons. The molecule has 37 heavy (non-hydrogen) atoms. The molecule has 7 nitrogen and oxygen atoms in total. The first-order chi connectivity index (χ1) is 17.8. The summed E-state index contributed by atoms with van der Waals surface area (Å²) in [5.41, 5.74) is 4.13. The van der Waals surface area contributed by atoms with E-state index in [1.54, 1.807) is 31.2 Å². The Hall–Kier alpha value is -3.01. The molecule has 0 saturated carbocycles. The zero-order valence-electron chi connectivity index (χ0n) is 21.0. The molecule has 9 heteroatoms. The SMILES string of the molecule is CCOC(=O)c1c(NC(=O)[C@H]2Cc3ccccc3CN2S(=O)(=O)c2ccc(C)cc2)sc2c1CCCC2. The van der Waals surface area contributed by atoms with Crippen molar-refractivity contribution in [3.63, 3.8) is 0 Å². The normalized spacial score (nSPS) is 17.5. The number of nitrogens with one attached hydrogen (secondary N) is 1. The molecule has 3 aromatic rings. The second-order valence-electron chi connectivity index (χ2n) is 9.48. The quantitative estimate of drug-likeness (QED) is 0.452. The number of hydrogen-bond donors (Lipinski definition) is 1. The summed E-state index contributed by atoms with van der Waals surface area (Å²) in [6, 6.07) is 13.3. The number of aryl methyl sites for hydroxylation is 2. The fourth-order valence-corrected chi connectivity index (χ4v) is 7.93. The Kier molecular flexibility index (Phi) is 7.20. The average molecular weight is 539 g/mol. The molecular weight excluding hydrogens is 508 g/mol. The number of carbonyl (C=O) groups excluding carboxylic acids is 2. The summed E-state index contributed by atoms with van der Waals surface area (Å²) in [6.45, 7) is 3.97. The van der Waals surface area contributed by atoms with Crippen LogP contribution in [-0.2, 0) is 45.4 Å². The van der Waals surface area contributed by atoms with E-state index in [4.69, 9.17) is 4.74 Å². The number of sulfonamides is 1. The van der Waals surface area contributed by atoms with Crippen LogP contribution in [0.1, 0.15) is 57.3 Å². The highest BCUT2D eigenvalue weighted by Gasteiger charge is 2.40. The Morgan fingerprint density at radius 2 is 1.76 bits per heavy atom. The fraction of sp³-hybridized carbons (Fsp3) is 0.357. The highest BCUT2D eigenvalue weighted by Crippen LogP contribution is 2.39. The molecule has 0 unspecified atom stereocenters. The second-order valence-corrected chi connectivity index (χ2v) is 12.5. The lowest BCUT2D eigenvalue weighted by molar-refractivity contribution is -0.120. The Balaban J connectivity index is 1.52. The number of nitrogens with zero attached hydrogens (tertiary/aromatic N) is 1. The number of anilines is 1. The van der Waals surface area contributed by atoms with Gasteiger partial charge in [0.1, 0.15) is 11.0 Å². The van der Waals surface area contributed by atoms with Gasteiger partial charge in [0.2, 0.25) is 15.9 Å². The topological polar surface area (TPSA) is 92.8 Å². The zero-order chi connectivity index (χ0) is 26.2. The minimum absolute atomic E-state index is 0.0934. The molecule has 0 fully saturated rings. The smallest absolute Gasteiger partial charge is 0.341 e. The van der Waals surface area contributed by atoms with Crippen LogP contribution in [0.25, 0.3) is 0 Å². The van der Waals surface area contributed by atoms with Crippen molar-refractivity contribution in [3.05, 3.63) is 81.2 Å². The molecule has 194 valence electrons. The van der Waals surface area contributed by atoms with E-state index in [0.29, 0.717) is 10.6 Å². The van der Waals surface area contributed by atoms with Crippen LogP contribution in [0.3, 0.4) is 0 Å². The molecule has 1 atom stereocenters. The van der Waals surface area contributed by atoms with Crippen molar-refractivity contribution >= 4 is 38.2 Å². The number of rotatable bonds is 6. The second kappa shape index (κ2) is 10.4. The van der Waals surface area contributed by atoms with Crippen molar-refractivity contribution in [2.45, 2.75) is 63.4 Å². The van der Waals surface area contributed by atoms with Crippen molar-refractivity contribution in [1.82, 2.24) is 4.31 Å². The molecule has 1 N–H and O–H groups in total. The lowest BCUT2D eigenvalue weighted by Crippen LogP contribution is -2.50. The third-order valence-corrected chi connectivity index (χ3v) is 10.1. The van der Waals surface area contributed by atoms with Gasteiger partial charge in [0.05, 0.1) is 17.1 Å². The number of benzene rings is 2. The van der Waals surface area contributed by atoms with Gasteiger partial charge < -0.3 is 10.1 Å². The summed E-state index contributed by atoms with van der Waals surface area (Å²) < 4.78 is 34.1. The molecule has 1 aliphatic carbocycles. The Labute approximate surface area is 221 Å². The van der Waals surface area contributed by atoms with Gasteiger partial charge in [-0.15, -0.1) is 11.3 Å². The Morgan fingerprint density at radius 1 is 1.05 bits per heavy atom. The molecule has 0 saturated heterocycles. The summed E-state index contributed by atoms with van der Waals surface area (Å²) >= 11 is 1.40. The standard InChI is InChI=1S/C28H30N2O5S2/c1-3-35-28(32)25-22-10-6-7-11-24(22)36-27(25)29-26(31)23-16-19-8-4-5-9-20(19)17-30(23)37(33,34)21-14-12-18(2)13-15-21/h4-5,8-9,12-15,23H,3,6-7,10-11,16-17H2,1-2H3,(H,29,31)/t23-/m1/s1. The van der Waals surface area contributed by atoms with Crippen LogP contribution in [0.4, 0.5) is 5.00 Å². The lowest BCUT2D eigenvalue weighted by Gasteiger charge is -2.35. The number of amides is 1. The first-order valence-electron chi connectivity index (χ1n) is 12.6. The number of carbonyl (C=O) groups is 2. The minimum Gasteiger partial charge on any atom is -0.462 e. The number of esters is 1. The van der Waals surface area contributed by atoms with E-state index < -0.39 is 27.9 Å². The maximum atomic E-state index is 13.8. The predicted molar refractivity (Wildman–Crippen MR) is 143 cm³/mol. The van der Waals surface area contributed by atoms with E-state index in [-0.39, 0.29) is 24.5 Å². The van der Waals surface area contributed by atoms with Crippen LogP contribution in [-0.4, -0.2) is 37.2 Å². The largest absolute Gasteiger partial charge is 0.462 e. The average Bonchev–Trinajstić information content (AvgIpc) is 3.26. The predicted octanol–water partition coefficient (Wildman–Crippen LogP) is 4.87. The van der Waals surface area contributed by atoms with Gasteiger partial charge in [-0.1, -0.05) is 42.0 Å². The summed E-state index contributed by atoms with van der Waals surface area (Å²) in [5, 5.41) is 3.39. The maximum Gasteiger partial charge on any atom is 0.341 e. The first-order valence-corrected chi connectivity index (χ1v) is 14.8. The van der Waals surface area contributed by atoms with E-state index >= 15 is 0 Å². The van der Waals surface area contributed by atoms with Gasteiger partial charge in [-0.3, -0.25) is 4.79 Å². The van der Waals surface area contributed by atoms with Gasteiger partial charge in [-0.2, -0.15) is 4.31 Å². The molecule has 0 bridgehead atoms. The van der Waals surface area contributed by atoms with Crippen molar-refractivity contribution < 1.29 is 22.7 Å². The maximum absolute atomic E-state index is 13.8. The minimum atomic E-state index is -3.96. The molecular formula is C28H30N2O5S2. The van der Waals surface area contributed by atoms with Crippen LogP contribution in [0.2, 0.25) is 0 Å². The Bertz CT molecular complexity index is 1440. The van der Waals surface area contributed by atoms with Crippen LogP contribution < -0.4 is 5.32 Å². The van der Waals surface area contributed by atoms with E-state index in [1.807, 2.05) is 31.2 Å². The molecule has 1 aromatic heterocycles. The molecule has 1 amide bonds. The number of hydrogen-bond acceptors (Lipinski definition) is 6. The first kappa shape index (κ1) is 25.6. The van der Waals surface area contributed by atoms with Gasteiger partial charge in [0, 0.05) is 11.4 Å². The van der Waals surface area contributed by atoms with Crippen molar-refractivity contribution in [1.29, 1.82) is 0 Å². The van der Waals surface area contributed by atoms with Gasteiger partial charge in [-0.05, 0) is 74.8 Å². The monoisotopic (exact) mass is 538 g/mol. The highest BCUT2D eigenvalue weighted by atomic mass is 32.2. The van der Waals surface area contributed by atoms with Gasteiger partial charge >= 0.3 is 5.97 Å². The van der Waals surface area contributed by atoms with Crippen molar-refractivity contribution in [2.24, 2.45) is 0 Å². The zero-order valence-corrected chi connectivity index (χ0v) is 22.6. The number of fused-ring (bicyclic) bond motifs is 2. The van der Waals surface area contributed by atoms with E-state index in [1.165, 1.54) is 15.6 Å². The summed E-state index contributed by atoms with van der Waals surface area (Å²) in [5.74, 6) is -0.898. The molecule has 1 aliphatic heterocycles. The van der Waals surface area contributed by atoms with Crippen molar-refractivity contribution in [3.8, 4) is 0 Å². The fourth-order valence-electron chi connectivity index (χ4n) is 5.09. The molecule has 5 rings (SSSR count). The third-order valence-electron chi connectivity index (χ3n) is 7.02. The van der Waals surface area contributed by atoms with E-state index in [0.717, 1.165) is 52.8 Å².